The van der Waals surface area contributed by atoms with Gasteiger partial charge in [-0.3, -0.25) is 0 Å². The van der Waals surface area contributed by atoms with Crippen molar-refractivity contribution in [3.8, 4) is 0 Å². The lowest BCUT2D eigenvalue weighted by Crippen LogP contribution is -2.29. The van der Waals surface area contributed by atoms with Crippen LogP contribution in [0.2, 0.25) is 0 Å². The SMILES string of the molecule is CCC(C)CNS(=O)(=O)c1cc(CNC(C)C)ccc1Br. The van der Waals surface area contributed by atoms with E-state index in [2.05, 4.69) is 39.8 Å². The Morgan fingerprint density at radius 2 is 1.90 bits per heavy atom. The molecule has 4 nitrogen and oxygen atoms in total. The van der Waals surface area contributed by atoms with Gasteiger partial charge in [0, 0.05) is 23.6 Å². The second kappa shape index (κ2) is 8.27. The highest BCUT2D eigenvalue weighted by Gasteiger charge is 2.18. The van der Waals surface area contributed by atoms with Crippen LogP contribution >= 0.6 is 15.9 Å². The molecule has 0 aliphatic rings. The average molecular weight is 377 g/mol. The zero-order valence-electron chi connectivity index (χ0n) is 13.1. The van der Waals surface area contributed by atoms with Crippen LogP contribution in [0.15, 0.2) is 27.6 Å². The number of rotatable bonds is 8. The predicted octanol–water partition coefficient (Wildman–Crippen LogP) is 3.27. The predicted molar refractivity (Wildman–Crippen MR) is 90.8 cm³/mol. The molecule has 6 heteroatoms. The van der Waals surface area contributed by atoms with Gasteiger partial charge in [-0.2, -0.15) is 0 Å². The largest absolute Gasteiger partial charge is 0.310 e. The highest BCUT2D eigenvalue weighted by Crippen LogP contribution is 2.23. The van der Waals surface area contributed by atoms with Crippen molar-refractivity contribution in [2.24, 2.45) is 5.92 Å². The Morgan fingerprint density at radius 3 is 2.48 bits per heavy atom. The van der Waals surface area contributed by atoms with Crippen LogP contribution in [0, 0.1) is 5.92 Å². The molecule has 1 atom stereocenters. The Balaban J connectivity index is 2.91. The van der Waals surface area contributed by atoms with E-state index in [4.69, 9.17) is 0 Å². The zero-order valence-corrected chi connectivity index (χ0v) is 15.5. The molecule has 0 radical (unpaired) electrons. The molecule has 0 fully saturated rings. The highest BCUT2D eigenvalue weighted by molar-refractivity contribution is 9.10. The van der Waals surface area contributed by atoms with Crippen LogP contribution in [0.5, 0.6) is 0 Å². The molecule has 120 valence electrons. The Labute approximate surface area is 136 Å². The van der Waals surface area contributed by atoms with Crippen LogP contribution in [0.3, 0.4) is 0 Å². The smallest absolute Gasteiger partial charge is 0.241 e. The van der Waals surface area contributed by atoms with Crippen molar-refractivity contribution in [3.05, 3.63) is 28.2 Å². The molecule has 0 heterocycles. The maximum absolute atomic E-state index is 12.4. The highest BCUT2D eigenvalue weighted by atomic mass is 79.9. The van der Waals surface area contributed by atoms with E-state index in [0.29, 0.717) is 34.4 Å². The second-order valence-corrected chi connectivity index (χ2v) is 8.26. The lowest BCUT2D eigenvalue weighted by Gasteiger charge is -2.14. The van der Waals surface area contributed by atoms with Crippen molar-refractivity contribution >= 4 is 26.0 Å². The van der Waals surface area contributed by atoms with Gasteiger partial charge in [0.2, 0.25) is 10.0 Å². The lowest BCUT2D eigenvalue weighted by molar-refractivity contribution is 0.528. The van der Waals surface area contributed by atoms with Crippen LogP contribution in [0.4, 0.5) is 0 Å². The van der Waals surface area contributed by atoms with Crippen molar-refractivity contribution in [1.82, 2.24) is 10.0 Å². The van der Waals surface area contributed by atoms with Crippen molar-refractivity contribution < 1.29 is 8.42 Å². The number of benzene rings is 1. The molecule has 0 aliphatic carbocycles. The summed E-state index contributed by atoms with van der Waals surface area (Å²) >= 11 is 3.33. The van der Waals surface area contributed by atoms with Gasteiger partial charge in [-0.05, 0) is 39.5 Å². The minimum absolute atomic E-state index is 0.300. The molecule has 0 spiro atoms. The van der Waals surface area contributed by atoms with Gasteiger partial charge in [0.05, 0.1) is 4.90 Å². The first kappa shape index (κ1) is 18.6. The van der Waals surface area contributed by atoms with Gasteiger partial charge < -0.3 is 5.32 Å². The van der Waals surface area contributed by atoms with Gasteiger partial charge in [0.15, 0.2) is 0 Å². The van der Waals surface area contributed by atoms with E-state index in [1.165, 1.54) is 0 Å². The first-order chi connectivity index (χ1) is 9.76. The normalized spacial score (nSPS) is 13.6. The monoisotopic (exact) mass is 376 g/mol. The molecule has 0 aromatic heterocycles. The van der Waals surface area contributed by atoms with Crippen molar-refractivity contribution in [1.29, 1.82) is 0 Å². The van der Waals surface area contributed by atoms with Gasteiger partial charge in [-0.15, -0.1) is 0 Å². The van der Waals surface area contributed by atoms with Crippen molar-refractivity contribution in [2.75, 3.05) is 6.54 Å². The summed E-state index contributed by atoms with van der Waals surface area (Å²) in [7, 11) is -3.48. The molecule has 0 saturated heterocycles. The fourth-order valence-corrected chi connectivity index (χ4v) is 3.84. The van der Waals surface area contributed by atoms with Crippen molar-refractivity contribution in [3.63, 3.8) is 0 Å². The number of hydrogen-bond donors (Lipinski definition) is 2. The van der Waals surface area contributed by atoms with Crippen molar-refractivity contribution in [2.45, 2.75) is 51.6 Å². The quantitative estimate of drug-likeness (QED) is 0.731. The molecule has 1 aromatic carbocycles. The summed E-state index contributed by atoms with van der Waals surface area (Å²) in [5.41, 5.74) is 0.954. The molecule has 2 N–H and O–H groups in total. The van der Waals surface area contributed by atoms with Gasteiger partial charge in [-0.25, -0.2) is 13.1 Å². The Morgan fingerprint density at radius 1 is 1.24 bits per heavy atom. The summed E-state index contributed by atoms with van der Waals surface area (Å²) in [6, 6.07) is 5.79. The topological polar surface area (TPSA) is 58.2 Å². The van der Waals surface area contributed by atoms with Gasteiger partial charge in [-0.1, -0.05) is 40.2 Å². The minimum Gasteiger partial charge on any atom is -0.310 e. The Bertz CT molecular complexity index is 559. The fraction of sp³-hybridized carbons (Fsp3) is 0.600. The summed E-state index contributed by atoms with van der Waals surface area (Å²) in [6.45, 7) is 9.31. The van der Waals surface area contributed by atoms with E-state index < -0.39 is 10.0 Å². The average Bonchev–Trinajstić information content (AvgIpc) is 2.43. The van der Waals surface area contributed by atoms with Crippen LogP contribution in [-0.4, -0.2) is 21.0 Å². The maximum atomic E-state index is 12.4. The standard InChI is InChI=1S/C15H25BrN2O2S/c1-5-12(4)9-18-21(19,20)15-8-13(6-7-14(15)16)10-17-11(2)3/h6-8,11-12,17-18H,5,9-10H2,1-4H3. The molecule has 1 aromatic rings. The number of hydrogen-bond acceptors (Lipinski definition) is 3. The summed E-state index contributed by atoms with van der Waals surface area (Å²) < 4.78 is 28.1. The molecule has 1 unspecified atom stereocenters. The van der Waals surface area contributed by atoms with Crippen LogP contribution in [0.25, 0.3) is 0 Å². The third-order valence-electron chi connectivity index (χ3n) is 3.32. The van der Waals surface area contributed by atoms with Crippen LogP contribution in [0.1, 0.15) is 39.7 Å². The zero-order chi connectivity index (χ0) is 16.0. The first-order valence-electron chi connectivity index (χ1n) is 7.27. The van der Waals surface area contributed by atoms with Crippen LogP contribution in [-0.2, 0) is 16.6 Å². The summed E-state index contributed by atoms with van der Waals surface area (Å²) in [5.74, 6) is 0.323. The van der Waals surface area contributed by atoms with E-state index in [-0.39, 0.29) is 0 Å². The Hall–Kier alpha value is -0.430. The summed E-state index contributed by atoms with van der Waals surface area (Å²) in [6.07, 6.45) is 0.946. The third kappa shape index (κ3) is 6.06. The fourth-order valence-electron chi connectivity index (χ4n) is 1.66. The maximum Gasteiger partial charge on any atom is 0.241 e. The molecule has 0 saturated carbocycles. The number of sulfonamides is 1. The molecular weight excluding hydrogens is 352 g/mol. The lowest BCUT2D eigenvalue weighted by atomic mass is 10.1. The van der Waals surface area contributed by atoms with Gasteiger partial charge in [0.1, 0.15) is 0 Å². The minimum atomic E-state index is -3.48. The summed E-state index contributed by atoms with van der Waals surface area (Å²) in [5, 5.41) is 3.29. The summed E-state index contributed by atoms with van der Waals surface area (Å²) in [4.78, 5) is 0.300. The molecule has 0 bridgehead atoms. The molecule has 0 amide bonds. The second-order valence-electron chi connectivity index (χ2n) is 5.67. The van der Waals surface area contributed by atoms with E-state index in [0.717, 1.165) is 12.0 Å². The van der Waals surface area contributed by atoms with Crippen LogP contribution < -0.4 is 10.0 Å². The van der Waals surface area contributed by atoms with E-state index in [1.54, 1.807) is 12.1 Å². The molecule has 0 aliphatic heterocycles. The molecule has 1 rings (SSSR count). The molecule has 21 heavy (non-hydrogen) atoms. The Kier molecular flexibility index (Phi) is 7.33. The van der Waals surface area contributed by atoms with E-state index >= 15 is 0 Å². The third-order valence-corrected chi connectivity index (χ3v) is 5.74. The first-order valence-corrected chi connectivity index (χ1v) is 9.55. The van der Waals surface area contributed by atoms with Gasteiger partial charge in [0.25, 0.3) is 0 Å². The van der Waals surface area contributed by atoms with E-state index in [1.807, 2.05) is 19.9 Å². The van der Waals surface area contributed by atoms with Gasteiger partial charge >= 0.3 is 0 Å². The van der Waals surface area contributed by atoms with E-state index in [9.17, 15) is 8.42 Å². The number of halogens is 1. The number of nitrogens with one attached hydrogen (secondary N) is 2. The molecular formula is C15H25BrN2O2S.